The molecule has 0 aliphatic carbocycles. The molecule has 1 saturated heterocycles. The zero-order valence-electron chi connectivity index (χ0n) is 11.2. The van der Waals surface area contributed by atoms with Crippen molar-refractivity contribution in [3.05, 3.63) is 0 Å². The van der Waals surface area contributed by atoms with E-state index in [1.807, 2.05) is 0 Å². The first-order valence-electron chi connectivity index (χ1n) is 7.21. The van der Waals surface area contributed by atoms with Gasteiger partial charge in [-0.3, -0.25) is 9.69 Å². The minimum absolute atomic E-state index is 0.0156. The number of likely N-dealkylation sites (tertiary alicyclic amines) is 1. The molecule has 1 aliphatic heterocycles. The fraction of sp³-hybridized carbons (Fsp3) is 0.929. The number of ether oxygens (including phenoxy) is 1. The van der Waals surface area contributed by atoms with Crippen molar-refractivity contribution in [2.24, 2.45) is 0 Å². The SMILES string of the molecule is CCCCCCC(=O)OCCN1CCCCC1. The van der Waals surface area contributed by atoms with Crippen molar-refractivity contribution in [1.29, 1.82) is 0 Å². The number of carbonyl (C=O) groups excluding carboxylic acids is 1. The van der Waals surface area contributed by atoms with Crippen LogP contribution in [0.3, 0.4) is 0 Å². The highest BCUT2D eigenvalue weighted by atomic mass is 16.5. The summed E-state index contributed by atoms with van der Waals surface area (Å²) in [6.45, 7) is 6.02. The molecule has 1 rings (SSSR count). The second-order valence-corrected chi connectivity index (χ2v) is 4.93. The fourth-order valence-corrected chi connectivity index (χ4v) is 2.24. The van der Waals surface area contributed by atoms with Crippen LogP contribution in [0.4, 0.5) is 0 Å². The molecule has 0 aromatic carbocycles. The van der Waals surface area contributed by atoms with E-state index in [1.54, 1.807) is 0 Å². The van der Waals surface area contributed by atoms with Gasteiger partial charge in [0.15, 0.2) is 0 Å². The van der Waals surface area contributed by atoms with Crippen molar-refractivity contribution in [1.82, 2.24) is 4.90 Å². The summed E-state index contributed by atoms with van der Waals surface area (Å²) in [6, 6.07) is 0. The summed E-state index contributed by atoms with van der Waals surface area (Å²) >= 11 is 0. The third-order valence-corrected chi connectivity index (χ3v) is 3.35. The molecule has 17 heavy (non-hydrogen) atoms. The molecule has 3 heteroatoms. The van der Waals surface area contributed by atoms with Crippen LogP contribution in [0.2, 0.25) is 0 Å². The Labute approximate surface area is 106 Å². The molecular weight excluding hydrogens is 214 g/mol. The van der Waals surface area contributed by atoms with Gasteiger partial charge in [0.2, 0.25) is 0 Å². The van der Waals surface area contributed by atoms with Gasteiger partial charge < -0.3 is 4.74 Å². The van der Waals surface area contributed by atoms with E-state index in [-0.39, 0.29) is 5.97 Å². The second-order valence-electron chi connectivity index (χ2n) is 4.93. The Bertz CT molecular complexity index is 200. The van der Waals surface area contributed by atoms with Crippen LogP contribution in [0.15, 0.2) is 0 Å². The molecule has 0 N–H and O–H groups in total. The van der Waals surface area contributed by atoms with Crippen molar-refractivity contribution in [3.8, 4) is 0 Å². The van der Waals surface area contributed by atoms with Gasteiger partial charge >= 0.3 is 5.97 Å². The van der Waals surface area contributed by atoms with Crippen molar-refractivity contribution >= 4 is 5.97 Å². The van der Waals surface area contributed by atoms with Crippen molar-refractivity contribution in [3.63, 3.8) is 0 Å². The molecule has 1 heterocycles. The first-order chi connectivity index (χ1) is 8.33. The maximum Gasteiger partial charge on any atom is 0.305 e. The van der Waals surface area contributed by atoms with E-state index in [0.717, 1.165) is 19.4 Å². The maximum atomic E-state index is 11.4. The smallest absolute Gasteiger partial charge is 0.305 e. The van der Waals surface area contributed by atoms with Gasteiger partial charge in [-0.1, -0.05) is 32.6 Å². The normalized spacial score (nSPS) is 17.0. The summed E-state index contributed by atoms with van der Waals surface area (Å²) in [4.78, 5) is 13.8. The van der Waals surface area contributed by atoms with Crippen LogP contribution < -0.4 is 0 Å². The van der Waals surface area contributed by atoms with Gasteiger partial charge in [-0.15, -0.1) is 0 Å². The third-order valence-electron chi connectivity index (χ3n) is 3.35. The largest absolute Gasteiger partial charge is 0.464 e. The monoisotopic (exact) mass is 241 g/mol. The Hall–Kier alpha value is -0.570. The van der Waals surface area contributed by atoms with Crippen molar-refractivity contribution in [2.45, 2.75) is 58.3 Å². The maximum absolute atomic E-state index is 11.4. The van der Waals surface area contributed by atoms with Crippen LogP contribution >= 0.6 is 0 Å². The van der Waals surface area contributed by atoms with E-state index >= 15 is 0 Å². The summed E-state index contributed by atoms with van der Waals surface area (Å²) < 4.78 is 5.24. The average Bonchev–Trinajstić information content (AvgIpc) is 2.36. The van der Waals surface area contributed by atoms with Gasteiger partial charge in [0.1, 0.15) is 6.61 Å². The Morgan fingerprint density at radius 3 is 2.59 bits per heavy atom. The topological polar surface area (TPSA) is 29.5 Å². The van der Waals surface area contributed by atoms with Crippen LogP contribution in [0, 0.1) is 0 Å². The highest BCUT2D eigenvalue weighted by Gasteiger charge is 2.10. The first-order valence-corrected chi connectivity index (χ1v) is 7.21. The molecule has 1 fully saturated rings. The van der Waals surface area contributed by atoms with Crippen LogP contribution in [-0.4, -0.2) is 37.1 Å². The van der Waals surface area contributed by atoms with Crippen LogP contribution in [0.1, 0.15) is 58.3 Å². The molecule has 0 bridgehead atoms. The summed E-state index contributed by atoms with van der Waals surface area (Å²) in [5.74, 6) is -0.0156. The van der Waals surface area contributed by atoms with E-state index < -0.39 is 0 Å². The second kappa shape index (κ2) is 9.46. The fourth-order valence-electron chi connectivity index (χ4n) is 2.24. The standard InChI is InChI=1S/C14H27NO2/c1-2-3-4-6-9-14(16)17-13-12-15-10-7-5-8-11-15/h2-13H2,1H3. The molecule has 0 aromatic heterocycles. The van der Waals surface area contributed by atoms with E-state index in [0.29, 0.717) is 13.0 Å². The van der Waals surface area contributed by atoms with Gasteiger partial charge in [-0.25, -0.2) is 0 Å². The summed E-state index contributed by atoms with van der Waals surface area (Å²) in [5.41, 5.74) is 0. The van der Waals surface area contributed by atoms with E-state index in [9.17, 15) is 4.79 Å². The third kappa shape index (κ3) is 7.37. The number of rotatable bonds is 8. The number of hydrogen-bond donors (Lipinski definition) is 0. The molecule has 1 aliphatic rings. The summed E-state index contributed by atoms with van der Waals surface area (Å²) in [7, 11) is 0. The Morgan fingerprint density at radius 2 is 1.88 bits per heavy atom. The van der Waals surface area contributed by atoms with Crippen molar-refractivity contribution < 1.29 is 9.53 Å². The number of carbonyl (C=O) groups is 1. The number of piperidine rings is 1. The minimum Gasteiger partial charge on any atom is -0.464 e. The van der Waals surface area contributed by atoms with Gasteiger partial charge in [0, 0.05) is 13.0 Å². The Kier molecular flexibility index (Phi) is 8.06. The van der Waals surface area contributed by atoms with E-state index in [1.165, 1.54) is 45.2 Å². The lowest BCUT2D eigenvalue weighted by Gasteiger charge is -2.25. The highest BCUT2D eigenvalue weighted by Crippen LogP contribution is 2.08. The minimum atomic E-state index is -0.0156. The number of nitrogens with zero attached hydrogens (tertiary/aromatic N) is 1. The molecule has 0 amide bonds. The molecule has 3 nitrogen and oxygen atoms in total. The zero-order chi connectivity index (χ0) is 12.3. The van der Waals surface area contributed by atoms with Gasteiger partial charge in [0.25, 0.3) is 0 Å². The lowest BCUT2D eigenvalue weighted by molar-refractivity contribution is -0.144. The summed E-state index contributed by atoms with van der Waals surface area (Å²) in [6.07, 6.45) is 9.11. The molecule has 0 atom stereocenters. The molecule has 0 spiro atoms. The Morgan fingerprint density at radius 1 is 1.12 bits per heavy atom. The van der Waals surface area contributed by atoms with E-state index in [4.69, 9.17) is 4.74 Å². The molecule has 100 valence electrons. The summed E-state index contributed by atoms with van der Waals surface area (Å²) in [5, 5.41) is 0. The lowest BCUT2D eigenvalue weighted by Crippen LogP contribution is -2.33. The molecule has 0 unspecified atom stereocenters. The molecule has 0 radical (unpaired) electrons. The number of hydrogen-bond acceptors (Lipinski definition) is 3. The van der Waals surface area contributed by atoms with Crippen LogP contribution in [-0.2, 0) is 9.53 Å². The van der Waals surface area contributed by atoms with Gasteiger partial charge in [-0.2, -0.15) is 0 Å². The zero-order valence-corrected chi connectivity index (χ0v) is 11.2. The first kappa shape index (κ1) is 14.5. The predicted molar refractivity (Wildman–Crippen MR) is 70.0 cm³/mol. The quantitative estimate of drug-likeness (QED) is 0.483. The predicted octanol–water partition coefficient (Wildman–Crippen LogP) is 2.99. The average molecular weight is 241 g/mol. The van der Waals surface area contributed by atoms with Crippen LogP contribution in [0.5, 0.6) is 0 Å². The van der Waals surface area contributed by atoms with Gasteiger partial charge in [-0.05, 0) is 32.4 Å². The van der Waals surface area contributed by atoms with E-state index in [2.05, 4.69) is 11.8 Å². The van der Waals surface area contributed by atoms with Crippen LogP contribution in [0.25, 0.3) is 0 Å². The van der Waals surface area contributed by atoms with Gasteiger partial charge in [0.05, 0.1) is 0 Å². The van der Waals surface area contributed by atoms with Crippen molar-refractivity contribution in [2.75, 3.05) is 26.2 Å². The highest BCUT2D eigenvalue weighted by molar-refractivity contribution is 5.69. The number of unbranched alkanes of at least 4 members (excludes halogenated alkanes) is 3. The lowest BCUT2D eigenvalue weighted by atomic mass is 10.1. The number of esters is 1. The molecule has 0 saturated carbocycles. The Balaban J connectivity index is 1.92. The molecular formula is C14H27NO2. The molecule has 0 aromatic rings.